The van der Waals surface area contributed by atoms with Crippen molar-refractivity contribution in [3.8, 4) is 0 Å². The lowest BCUT2D eigenvalue weighted by Gasteiger charge is -2.15. The van der Waals surface area contributed by atoms with Crippen molar-refractivity contribution in [3.63, 3.8) is 0 Å². The fourth-order valence-corrected chi connectivity index (χ4v) is 1.89. The molecule has 112 valence electrons. The van der Waals surface area contributed by atoms with Gasteiger partial charge in [0.25, 0.3) is 0 Å². The van der Waals surface area contributed by atoms with Gasteiger partial charge in [-0.15, -0.1) is 0 Å². The Labute approximate surface area is 115 Å². The van der Waals surface area contributed by atoms with E-state index in [0.29, 0.717) is 11.6 Å². The van der Waals surface area contributed by atoms with Crippen molar-refractivity contribution in [3.05, 3.63) is 35.1 Å². The lowest BCUT2D eigenvalue weighted by molar-refractivity contribution is -0.140. The van der Waals surface area contributed by atoms with Crippen LogP contribution < -0.4 is 10.6 Å². The smallest absolute Gasteiger partial charge is 0.312 e. The van der Waals surface area contributed by atoms with Crippen LogP contribution in [-0.4, -0.2) is 18.6 Å². The summed E-state index contributed by atoms with van der Waals surface area (Å²) in [5, 5.41) is 6.46. The molecular formula is C14H18F4N2. The maximum Gasteiger partial charge on any atom is 0.419 e. The van der Waals surface area contributed by atoms with Crippen LogP contribution in [0.4, 0.5) is 17.6 Å². The van der Waals surface area contributed by atoms with Gasteiger partial charge in [0.1, 0.15) is 5.82 Å². The molecule has 1 aliphatic rings. The molecule has 1 atom stereocenters. The summed E-state index contributed by atoms with van der Waals surface area (Å²) < 4.78 is 50.9. The molecule has 0 bridgehead atoms. The zero-order chi connectivity index (χ0) is 14.8. The third-order valence-corrected chi connectivity index (χ3v) is 3.28. The number of rotatable bonds is 6. The minimum Gasteiger partial charge on any atom is -0.312 e. The van der Waals surface area contributed by atoms with Crippen LogP contribution >= 0.6 is 0 Å². The summed E-state index contributed by atoms with van der Waals surface area (Å²) in [5.41, 5.74) is -0.780. The molecule has 1 unspecified atom stereocenters. The van der Waals surface area contributed by atoms with Crippen molar-refractivity contribution >= 4 is 0 Å². The molecule has 0 aliphatic heterocycles. The van der Waals surface area contributed by atoms with Crippen molar-refractivity contribution in [2.75, 3.05) is 6.54 Å². The van der Waals surface area contributed by atoms with E-state index < -0.39 is 17.6 Å². The van der Waals surface area contributed by atoms with Crippen LogP contribution in [-0.2, 0) is 12.7 Å². The highest BCUT2D eigenvalue weighted by molar-refractivity contribution is 5.27. The highest BCUT2D eigenvalue weighted by Crippen LogP contribution is 2.31. The number of nitrogens with one attached hydrogen (secondary N) is 2. The van der Waals surface area contributed by atoms with Crippen LogP contribution in [0.2, 0.25) is 0 Å². The summed E-state index contributed by atoms with van der Waals surface area (Å²) in [7, 11) is 0. The van der Waals surface area contributed by atoms with Crippen LogP contribution in [0.15, 0.2) is 18.2 Å². The third-order valence-electron chi connectivity index (χ3n) is 3.28. The average Bonchev–Trinajstić information content (AvgIpc) is 3.18. The van der Waals surface area contributed by atoms with Crippen molar-refractivity contribution in [1.82, 2.24) is 10.6 Å². The normalized spacial score (nSPS) is 17.2. The molecule has 2 rings (SSSR count). The number of benzene rings is 1. The first-order valence-corrected chi connectivity index (χ1v) is 6.68. The van der Waals surface area contributed by atoms with Crippen LogP contribution in [0.25, 0.3) is 0 Å². The highest BCUT2D eigenvalue weighted by atomic mass is 19.4. The summed E-state index contributed by atoms with van der Waals surface area (Å²) in [6, 6.07) is 3.85. The Morgan fingerprint density at radius 1 is 1.30 bits per heavy atom. The topological polar surface area (TPSA) is 24.1 Å². The zero-order valence-electron chi connectivity index (χ0n) is 11.2. The molecule has 2 N–H and O–H groups in total. The molecule has 1 aliphatic carbocycles. The highest BCUT2D eigenvalue weighted by Gasteiger charge is 2.34. The molecule has 0 radical (unpaired) electrons. The van der Waals surface area contributed by atoms with Gasteiger partial charge in [-0.05, 0) is 37.5 Å². The van der Waals surface area contributed by atoms with Crippen LogP contribution in [0, 0.1) is 5.82 Å². The van der Waals surface area contributed by atoms with Crippen LogP contribution in [0.3, 0.4) is 0 Å². The second-order valence-corrected chi connectivity index (χ2v) is 5.28. The maximum atomic E-state index is 13.1. The Balaban J connectivity index is 1.88. The number of hydrogen-bond donors (Lipinski definition) is 2. The van der Waals surface area contributed by atoms with E-state index in [1.54, 1.807) is 0 Å². The SMILES string of the molecule is CC(CNC1CC1)NCc1ccc(F)c(C(F)(F)F)c1. The van der Waals surface area contributed by atoms with Gasteiger partial charge < -0.3 is 10.6 Å². The van der Waals surface area contributed by atoms with E-state index in [0.717, 1.165) is 18.7 Å². The second kappa shape index (κ2) is 6.10. The summed E-state index contributed by atoms with van der Waals surface area (Å²) in [6.45, 7) is 3.03. The van der Waals surface area contributed by atoms with E-state index >= 15 is 0 Å². The first-order valence-electron chi connectivity index (χ1n) is 6.68. The second-order valence-electron chi connectivity index (χ2n) is 5.28. The molecule has 1 saturated carbocycles. The Bertz CT molecular complexity index is 455. The molecule has 0 aromatic heterocycles. The third kappa shape index (κ3) is 4.45. The molecule has 20 heavy (non-hydrogen) atoms. The molecular weight excluding hydrogens is 272 g/mol. The number of alkyl halides is 3. The van der Waals surface area contributed by atoms with Gasteiger partial charge in [0.05, 0.1) is 5.56 Å². The Morgan fingerprint density at radius 2 is 2.00 bits per heavy atom. The zero-order valence-corrected chi connectivity index (χ0v) is 11.2. The van der Waals surface area contributed by atoms with E-state index in [4.69, 9.17) is 0 Å². The predicted molar refractivity (Wildman–Crippen MR) is 68.7 cm³/mol. The molecule has 0 heterocycles. The fraction of sp³-hybridized carbons (Fsp3) is 0.571. The first kappa shape index (κ1) is 15.3. The summed E-state index contributed by atoms with van der Waals surface area (Å²) in [5.74, 6) is -1.23. The molecule has 0 spiro atoms. The predicted octanol–water partition coefficient (Wildman–Crippen LogP) is 3.07. The average molecular weight is 290 g/mol. The lowest BCUT2D eigenvalue weighted by atomic mass is 10.1. The van der Waals surface area contributed by atoms with E-state index in [1.807, 2.05) is 6.92 Å². The Morgan fingerprint density at radius 3 is 2.60 bits per heavy atom. The Kier molecular flexibility index (Phi) is 4.65. The first-order chi connectivity index (χ1) is 9.36. The van der Waals surface area contributed by atoms with Crippen LogP contribution in [0.1, 0.15) is 30.9 Å². The van der Waals surface area contributed by atoms with Gasteiger partial charge in [0.15, 0.2) is 0 Å². The Hall–Kier alpha value is -1.14. The van der Waals surface area contributed by atoms with Gasteiger partial charge in [-0.25, -0.2) is 4.39 Å². The summed E-state index contributed by atoms with van der Waals surface area (Å²) in [4.78, 5) is 0. The quantitative estimate of drug-likeness (QED) is 0.787. The van der Waals surface area contributed by atoms with E-state index in [1.165, 1.54) is 18.9 Å². The molecule has 0 saturated heterocycles. The molecule has 1 aromatic rings. The largest absolute Gasteiger partial charge is 0.419 e. The molecule has 6 heteroatoms. The molecule has 1 aromatic carbocycles. The van der Waals surface area contributed by atoms with Crippen molar-refractivity contribution < 1.29 is 17.6 Å². The van der Waals surface area contributed by atoms with Gasteiger partial charge in [-0.2, -0.15) is 13.2 Å². The monoisotopic (exact) mass is 290 g/mol. The summed E-state index contributed by atoms with van der Waals surface area (Å²) in [6.07, 6.45) is -2.27. The van der Waals surface area contributed by atoms with Gasteiger partial charge in [0, 0.05) is 25.2 Å². The van der Waals surface area contributed by atoms with Gasteiger partial charge >= 0.3 is 6.18 Å². The van der Waals surface area contributed by atoms with E-state index in [-0.39, 0.29) is 12.6 Å². The lowest BCUT2D eigenvalue weighted by Crippen LogP contribution is -2.36. The number of halogens is 4. The van der Waals surface area contributed by atoms with Crippen LogP contribution in [0.5, 0.6) is 0 Å². The molecule has 0 amide bonds. The standard InChI is InChI=1S/C14H18F4N2/c1-9(7-20-11-3-4-11)19-8-10-2-5-13(15)12(6-10)14(16,17)18/h2,5-6,9,11,19-20H,3-4,7-8H2,1H3. The van der Waals surface area contributed by atoms with Gasteiger partial charge in [0.2, 0.25) is 0 Å². The summed E-state index contributed by atoms with van der Waals surface area (Å²) >= 11 is 0. The fourth-order valence-electron chi connectivity index (χ4n) is 1.89. The van der Waals surface area contributed by atoms with Crippen molar-refractivity contribution in [1.29, 1.82) is 0 Å². The van der Waals surface area contributed by atoms with E-state index in [2.05, 4.69) is 10.6 Å². The van der Waals surface area contributed by atoms with E-state index in [9.17, 15) is 17.6 Å². The van der Waals surface area contributed by atoms with Crippen molar-refractivity contribution in [2.45, 2.75) is 44.6 Å². The molecule has 2 nitrogen and oxygen atoms in total. The van der Waals surface area contributed by atoms with Gasteiger partial charge in [-0.3, -0.25) is 0 Å². The number of hydrogen-bond acceptors (Lipinski definition) is 2. The molecule has 1 fully saturated rings. The minimum absolute atomic E-state index is 0.148. The maximum absolute atomic E-state index is 13.1. The van der Waals surface area contributed by atoms with Gasteiger partial charge in [-0.1, -0.05) is 6.07 Å². The minimum atomic E-state index is -4.65. The van der Waals surface area contributed by atoms with Crippen molar-refractivity contribution in [2.24, 2.45) is 0 Å².